The second-order valence-electron chi connectivity index (χ2n) is 13.3. The molecular formula is C34H49N4O15P. The number of aliphatic carboxylic acids is 2. The lowest BCUT2D eigenvalue weighted by molar-refractivity contribution is -0.150. The number of phosphoric acid groups is 1. The zero-order valence-corrected chi connectivity index (χ0v) is 31.3. The number of ether oxygens (including phenoxy) is 2. The van der Waals surface area contributed by atoms with Gasteiger partial charge in [-0.05, 0) is 49.8 Å². The summed E-state index contributed by atoms with van der Waals surface area (Å²) in [5.41, 5.74) is -0.667. The molecular weight excluding hydrogens is 735 g/mol. The van der Waals surface area contributed by atoms with E-state index in [9.17, 15) is 48.7 Å². The summed E-state index contributed by atoms with van der Waals surface area (Å²) in [6.07, 6.45) is -5.65. The highest BCUT2D eigenvalue weighted by Crippen LogP contribution is 2.54. The fraction of sp³-hybridized carbons (Fsp3) is 0.588. The lowest BCUT2D eigenvalue weighted by Crippen LogP contribution is -2.43. The minimum Gasteiger partial charge on any atom is -0.481 e. The SMILES string of the molecule is COC[C@H]1O[C@@H](n2ccc(=O)[nH]c2=O)[C@H](O)[C@@H]1OP(=O)(OC(=O)[C@H](CC(=O)O)NCCC(C)C)OC(=O)[C@H](CC(=O)O)NCCC(C)Cc1ccccc1. The first-order valence-corrected chi connectivity index (χ1v) is 18.8. The molecule has 20 heteroatoms. The molecule has 0 saturated carbocycles. The van der Waals surface area contributed by atoms with Gasteiger partial charge < -0.3 is 44.5 Å². The van der Waals surface area contributed by atoms with Gasteiger partial charge in [-0.1, -0.05) is 51.1 Å². The number of carboxylic acid groups (broad SMARTS) is 2. The number of nitrogens with zero attached hydrogens (tertiary/aromatic N) is 1. The maximum Gasteiger partial charge on any atom is 0.592 e. The molecule has 2 heterocycles. The average molecular weight is 785 g/mol. The summed E-state index contributed by atoms with van der Waals surface area (Å²) in [6, 6.07) is 7.33. The summed E-state index contributed by atoms with van der Waals surface area (Å²) in [7, 11) is -4.32. The smallest absolute Gasteiger partial charge is 0.481 e. The summed E-state index contributed by atoms with van der Waals surface area (Å²) < 4.78 is 41.9. The molecule has 0 bridgehead atoms. The van der Waals surface area contributed by atoms with E-state index in [1.54, 1.807) is 0 Å². The number of aliphatic hydroxyl groups excluding tert-OH is 1. The number of H-pyrrole nitrogens is 1. The van der Waals surface area contributed by atoms with Gasteiger partial charge in [-0.2, -0.15) is 0 Å². The molecule has 1 fully saturated rings. The molecule has 3 rings (SSSR count). The topological polar surface area (TPSA) is 271 Å². The first-order valence-electron chi connectivity index (χ1n) is 17.3. The monoisotopic (exact) mass is 784 g/mol. The lowest BCUT2D eigenvalue weighted by Gasteiger charge is -2.27. The van der Waals surface area contributed by atoms with Crippen LogP contribution in [-0.4, -0.2) is 106 Å². The van der Waals surface area contributed by atoms with Crippen molar-refractivity contribution < 1.29 is 62.1 Å². The number of carbonyl (C=O) groups excluding carboxylic acids is 2. The second-order valence-corrected chi connectivity index (χ2v) is 14.8. The van der Waals surface area contributed by atoms with Gasteiger partial charge in [-0.15, -0.1) is 0 Å². The number of hydrogen-bond donors (Lipinski definition) is 6. The van der Waals surface area contributed by atoms with Crippen molar-refractivity contribution in [2.75, 3.05) is 26.8 Å². The van der Waals surface area contributed by atoms with Crippen LogP contribution in [0.25, 0.3) is 0 Å². The van der Waals surface area contributed by atoms with E-state index in [-0.39, 0.29) is 31.5 Å². The van der Waals surface area contributed by atoms with E-state index in [0.29, 0.717) is 19.3 Å². The molecule has 0 aliphatic carbocycles. The number of benzene rings is 1. The fourth-order valence-electron chi connectivity index (χ4n) is 5.56. The highest BCUT2D eigenvalue weighted by Gasteiger charge is 2.52. The normalized spacial score (nSPS) is 21.1. The van der Waals surface area contributed by atoms with Gasteiger partial charge in [-0.3, -0.25) is 28.5 Å². The molecule has 0 amide bonds. The Kier molecular flexibility index (Phi) is 17.2. The third kappa shape index (κ3) is 13.9. The molecule has 1 aromatic carbocycles. The summed E-state index contributed by atoms with van der Waals surface area (Å²) >= 11 is 0. The van der Waals surface area contributed by atoms with Crippen LogP contribution in [0.15, 0.2) is 52.2 Å². The highest BCUT2D eigenvalue weighted by atomic mass is 31.2. The molecule has 300 valence electrons. The quantitative estimate of drug-likeness (QED) is 0.0864. The highest BCUT2D eigenvalue weighted by molar-refractivity contribution is 7.49. The van der Waals surface area contributed by atoms with Gasteiger partial charge in [0.25, 0.3) is 5.56 Å². The first kappa shape index (κ1) is 44.2. The van der Waals surface area contributed by atoms with Gasteiger partial charge in [0.1, 0.15) is 30.4 Å². The minimum atomic E-state index is -5.57. The Morgan fingerprint density at radius 3 is 2.02 bits per heavy atom. The summed E-state index contributed by atoms with van der Waals surface area (Å²) in [4.78, 5) is 76.6. The number of aliphatic hydroxyl groups is 1. The maximum absolute atomic E-state index is 14.4. The molecule has 1 aliphatic rings. The lowest BCUT2D eigenvalue weighted by atomic mass is 9.98. The van der Waals surface area contributed by atoms with Crippen LogP contribution in [-0.2, 0) is 53.2 Å². The summed E-state index contributed by atoms with van der Waals surface area (Å²) in [5, 5.41) is 35.8. The van der Waals surface area contributed by atoms with E-state index in [0.717, 1.165) is 22.4 Å². The van der Waals surface area contributed by atoms with Crippen molar-refractivity contribution >= 4 is 31.7 Å². The van der Waals surface area contributed by atoms with E-state index in [4.69, 9.17) is 23.0 Å². The average Bonchev–Trinajstić information content (AvgIpc) is 3.37. The molecule has 1 saturated heterocycles. The van der Waals surface area contributed by atoms with E-state index in [1.807, 2.05) is 56.1 Å². The van der Waals surface area contributed by atoms with Crippen LogP contribution < -0.4 is 21.9 Å². The van der Waals surface area contributed by atoms with Gasteiger partial charge >= 0.3 is 37.4 Å². The Balaban J connectivity index is 1.91. The first-order chi connectivity index (χ1) is 25.5. The Labute approximate surface area is 310 Å². The van der Waals surface area contributed by atoms with Gasteiger partial charge in [0, 0.05) is 19.4 Å². The zero-order valence-electron chi connectivity index (χ0n) is 30.5. The number of nitrogens with one attached hydrogen (secondary N) is 3. The fourth-order valence-corrected chi connectivity index (χ4v) is 6.94. The summed E-state index contributed by atoms with van der Waals surface area (Å²) in [5.74, 6) is -5.53. The second kappa shape index (κ2) is 21.0. The molecule has 6 N–H and O–H groups in total. The number of rotatable bonds is 23. The van der Waals surface area contributed by atoms with Crippen LogP contribution >= 0.6 is 7.82 Å². The molecule has 2 aromatic rings. The van der Waals surface area contributed by atoms with Gasteiger partial charge in [0.05, 0.1) is 19.4 Å². The van der Waals surface area contributed by atoms with Crippen LogP contribution in [0.5, 0.6) is 0 Å². The largest absolute Gasteiger partial charge is 0.592 e. The number of carbonyl (C=O) groups is 4. The van der Waals surface area contributed by atoms with Crippen molar-refractivity contribution in [2.24, 2.45) is 11.8 Å². The Morgan fingerprint density at radius 2 is 1.50 bits per heavy atom. The van der Waals surface area contributed by atoms with E-state index in [2.05, 4.69) is 10.6 Å². The maximum atomic E-state index is 14.4. The van der Waals surface area contributed by atoms with Crippen molar-refractivity contribution in [2.45, 2.75) is 89.5 Å². The molecule has 0 radical (unpaired) electrons. The predicted octanol–water partition coefficient (Wildman–Crippen LogP) is 1.20. The van der Waals surface area contributed by atoms with E-state index in [1.165, 1.54) is 7.11 Å². The van der Waals surface area contributed by atoms with Crippen LogP contribution in [0, 0.1) is 11.8 Å². The summed E-state index contributed by atoms with van der Waals surface area (Å²) in [6.45, 7) is 5.62. The molecule has 1 aromatic heterocycles. The van der Waals surface area contributed by atoms with E-state index < -0.39 is 92.4 Å². The van der Waals surface area contributed by atoms with Gasteiger partial charge in [0.2, 0.25) is 0 Å². The van der Waals surface area contributed by atoms with Crippen molar-refractivity contribution in [3.63, 3.8) is 0 Å². The van der Waals surface area contributed by atoms with Crippen molar-refractivity contribution in [1.29, 1.82) is 0 Å². The van der Waals surface area contributed by atoms with Gasteiger partial charge in [0.15, 0.2) is 6.23 Å². The molecule has 1 aliphatic heterocycles. The molecule has 54 heavy (non-hydrogen) atoms. The van der Waals surface area contributed by atoms with Crippen LogP contribution in [0.3, 0.4) is 0 Å². The van der Waals surface area contributed by atoms with Crippen molar-refractivity contribution in [3.8, 4) is 0 Å². The third-order valence-electron chi connectivity index (χ3n) is 8.31. The van der Waals surface area contributed by atoms with Crippen LogP contribution in [0.2, 0.25) is 0 Å². The Morgan fingerprint density at radius 1 is 0.926 bits per heavy atom. The van der Waals surface area contributed by atoms with Crippen molar-refractivity contribution in [1.82, 2.24) is 20.2 Å². The molecule has 19 nitrogen and oxygen atoms in total. The van der Waals surface area contributed by atoms with Crippen LogP contribution in [0.4, 0.5) is 0 Å². The molecule has 2 unspecified atom stereocenters. The number of aromatic amines is 1. The van der Waals surface area contributed by atoms with E-state index >= 15 is 0 Å². The number of phosphoric ester groups is 1. The molecule has 0 spiro atoms. The van der Waals surface area contributed by atoms with Gasteiger partial charge in [-0.25, -0.2) is 18.9 Å². The minimum absolute atomic E-state index is 0.0932. The third-order valence-corrected chi connectivity index (χ3v) is 9.62. The van der Waals surface area contributed by atoms with Crippen LogP contribution in [0.1, 0.15) is 58.2 Å². The standard InChI is InChI=1S/C34H49N4O15P/c1-20(2)10-13-35-23(17-27(40)41)32(45)52-54(48,51-30-25(19-49-4)50-31(29(30)44)38-15-12-26(39)37-34(38)47)53-33(46)24(18-28(42)43)36-14-11-21(3)16-22-8-6-5-7-9-22/h5-9,12,15,20-21,23-25,29-31,35-36,44H,10-11,13-14,16-19H2,1-4H3,(H,40,41)(H,42,43)(H,37,39,47)/t21?,23-,24-,25+,29+,30+,31+,54?/m0/s1. The number of hydrogen-bond acceptors (Lipinski definition) is 15. The predicted molar refractivity (Wildman–Crippen MR) is 189 cm³/mol. The number of carboxylic acids is 2. The number of methoxy groups -OCH3 is 1. The number of aromatic nitrogens is 2. The Hall–Kier alpha value is -4.23. The van der Waals surface area contributed by atoms with Crippen molar-refractivity contribution in [3.05, 3.63) is 69.0 Å². The zero-order chi connectivity index (χ0) is 40.0. The Bertz CT molecular complexity index is 1720. The molecule has 8 atom stereocenters.